The Bertz CT molecular complexity index is 715. The predicted molar refractivity (Wildman–Crippen MR) is 124 cm³/mol. The van der Waals surface area contributed by atoms with Gasteiger partial charge in [0, 0.05) is 0 Å². The Kier molecular flexibility index (Phi) is 9.59. The van der Waals surface area contributed by atoms with E-state index < -0.39 is 0 Å². The number of benzene rings is 2. The maximum Gasteiger partial charge on any atom is 0.0595 e. The van der Waals surface area contributed by atoms with Gasteiger partial charge in [-0.25, -0.2) is 0 Å². The molecule has 5 heteroatoms. The van der Waals surface area contributed by atoms with Gasteiger partial charge in [0.2, 0.25) is 0 Å². The molecular formula is C23H31Cl3N2. The topological polar surface area (TPSA) is 29.3 Å². The van der Waals surface area contributed by atoms with Crippen molar-refractivity contribution in [3.63, 3.8) is 0 Å². The second-order valence-electron chi connectivity index (χ2n) is 7.75. The van der Waals surface area contributed by atoms with Crippen LogP contribution in [0.15, 0.2) is 48.5 Å². The first kappa shape index (κ1) is 23.5. The summed E-state index contributed by atoms with van der Waals surface area (Å²) >= 11 is 12.3. The molecule has 2 unspecified atom stereocenters. The van der Waals surface area contributed by atoms with Gasteiger partial charge in [-0.2, -0.15) is 0 Å². The van der Waals surface area contributed by atoms with Crippen LogP contribution in [0.4, 0.5) is 0 Å². The predicted octanol–water partition coefficient (Wildman–Crippen LogP) is 6.54. The van der Waals surface area contributed by atoms with Crippen LogP contribution in [0.25, 0.3) is 0 Å². The third-order valence-corrected chi connectivity index (χ3v) is 6.66. The monoisotopic (exact) mass is 440 g/mol. The lowest BCUT2D eigenvalue weighted by molar-refractivity contribution is 0.123. The maximum absolute atomic E-state index is 6.60. The van der Waals surface area contributed by atoms with E-state index in [4.69, 9.17) is 28.9 Å². The Balaban J connectivity index is 0.00000280. The van der Waals surface area contributed by atoms with Crippen molar-refractivity contribution in [3.05, 3.63) is 69.7 Å². The first-order chi connectivity index (χ1) is 13.1. The summed E-state index contributed by atoms with van der Waals surface area (Å²) in [6, 6.07) is 16.8. The first-order valence-electron chi connectivity index (χ1n) is 10.0. The van der Waals surface area contributed by atoms with Crippen molar-refractivity contribution >= 4 is 35.6 Å². The van der Waals surface area contributed by atoms with Crippen molar-refractivity contribution in [2.75, 3.05) is 13.1 Å². The van der Waals surface area contributed by atoms with Crippen molar-refractivity contribution < 1.29 is 0 Å². The van der Waals surface area contributed by atoms with Gasteiger partial charge in [-0.05, 0) is 80.3 Å². The molecule has 0 aromatic heterocycles. The molecule has 0 radical (unpaired) electrons. The van der Waals surface area contributed by atoms with E-state index in [1.54, 1.807) is 0 Å². The number of halogens is 3. The largest absolute Gasteiger partial charge is 0.316 e. The standard InChI is InChI=1S/C23H30Cl2N2.ClH/c1-2-19(20-8-9-21(24)22(25)15-20)16-23(26)27-12-10-18(11-13-27)14-17-6-4-3-5-7-17;/h3-9,15,18-19,23H,2,10-14,16,26H2,1H3;1H. The summed E-state index contributed by atoms with van der Waals surface area (Å²) in [5, 5.41) is 1.24. The molecule has 1 saturated heterocycles. The van der Waals surface area contributed by atoms with Gasteiger partial charge in [-0.3, -0.25) is 4.90 Å². The minimum absolute atomic E-state index is 0. The summed E-state index contributed by atoms with van der Waals surface area (Å²) in [6.45, 7) is 4.40. The highest BCUT2D eigenvalue weighted by Gasteiger charge is 2.25. The number of rotatable bonds is 7. The molecule has 3 rings (SSSR count). The highest BCUT2D eigenvalue weighted by molar-refractivity contribution is 6.42. The second kappa shape index (κ2) is 11.4. The van der Waals surface area contributed by atoms with Gasteiger partial charge in [0.25, 0.3) is 0 Å². The van der Waals surface area contributed by atoms with Crippen LogP contribution < -0.4 is 5.73 Å². The van der Waals surface area contributed by atoms with Gasteiger partial charge < -0.3 is 5.73 Å². The molecule has 1 heterocycles. The van der Waals surface area contributed by atoms with Gasteiger partial charge in [0.05, 0.1) is 16.2 Å². The maximum atomic E-state index is 6.60. The fourth-order valence-corrected chi connectivity index (χ4v) is 4.49. The second-order valence-corrected chi connectivity index (χ2v) is 8.57. The zero-order valence-electron chi connectivity index (χ0n) is 16.5. The van der Waals surface area contributed by atoms with Crippen LogP contribution in [0, 0.1) is 5.92 Å². The van der Waals surface area contributed by atoms with Crippen molar-refractivity contribution in [1.82, 2.24) is 4.90 Å². The fourth-order valence-electron chi connectivity index (χ4n) is 4.18. The van der Waals surface area contributed by atoms with E-state index in [-0.39, 0.29) is 18.6 Å². The van der Waals surface area contributed by atoms with E-state index in [2.05, 4.69) is 48.2 Å². The normalized spacial score (nSPS) is 17.7. The van der Waals surface area contributed by atoms with Crippen LogP contribution >= 0.6 is 35.6 Å². The number of hydrogen-bond donors (Lipinski definition) is 1. The molecule has 0 bridgehead atoms. The molecule has 1 aliphatic heterocycles. The van der Waals surface area contributed by atoms with Crippen LogP contribution in [-0.2, 0) is 6.42 Å². The Hall–Kier alpha value is -0.770. The molecule has 28 heavy (non-hydrogen) atoms. The van der Waals surface area contributed by atoms with Crippen LogP contribution in [0.1, 0.15) is 49.7 Å². The highest BCUT2D eigenvalue weighted by Crippen LogP contribution is 2.31. The van der Waals surface area contributed by atoms with Gasteiger partial charge in [0.15, 0.2) is 0 Å². The minimum atomic E-state index is 0. The third-order valence-electron chi connectivity index (χ3n) is 5.92. The number of piperidine rings is 1. The molecule has 1 fully saturated rings. The van der Waals surface area contributed by atoms with Gasteiger partial charge >= 0.3 is 0 Å². The molecule has 154 valence electrons. The van der Waals surface area contributed by atoms with Crippen molar-refractivity contribution in [1.29, 1.82) is 0 Å². The number of nitrogens with two attached hydrogens (primary N) is 1. The first-order valence-corrected chi connectivity index (χ1v) is 10.8. The molecule has 2 aromatic rings. The van der Waals surface area contributed by atoms with E-state index in [1.807, 2.05) is 12.1 Å². The third kappa shape index (κ3) is 6.37. The minimum Gasteiger partial charge on any atom is -0.316 e. The van der Waals surface area contributed by atoms with E-state index >= 15 is 0 Å². The van der Waals surface area contributed by atoms with Gasteiger partial charge in [-0.15, -0.1) is 12.4 Å². The fraction of sp³-hybridized carbons (Fsp3) is 0.478. The lowest BCUT2D eigenvalue weighted by atomic mass is 9.88. The summed E-state index contributed by atoms with van der Waals surface area (Å²) < 4.78 is 0. The van der Waals surface area contributed by atoms with Crippen molar-refractivity contribution in [3.8, 4) is 0 Å². The van der Waals surface area contributed by atoms with Gasteiger partial charge in [0.1, 0.15) is 0 Å². The molecule has 0 saturated carbocycles. The SMILES string of the molecule is CCC(CC(N)N1CCC(Cc2ccccc2)CC1)c1ccc(Cl)c(Cl)c1.Cl. The average molecular weight is 442 g/mol. The lowest BCUT2D eigenvalue weighted by Gasteiger charge is -2.37. The molecule has 0 aliphatic carbocycles. The smallest absolute Gasteiger partial charge is 0.0595 e. The molecule has 0 amide bonds. The van der Waals surface area contributed by atoms with Crippen molar-refractivity contribution in [2.24, 2.45) is 11.7 Å². The van der Waals surface area contributed by atoms with Crippen LogP contribution in [0.2, 0.25) is 10.0 Å². The summed E-state index contributed by atoms with van der Waals surface area (Å²) in [7, 11) is 0. The van der Waals surface area contributed by atoms with Crippen molar-refractivity contribution in [2.45, 2.75) is 51.1 Å². The Morgan fingerprint density at radius 1 is 1.04 bits per heavy atom. The van der Waals surface area contributed by atoms with E-state index in [0.29, 0.717) is 16.0 Å². The molecule has 2 nitrogen and oxygen atoms in total. The molecule has 2 N–H and O–H groups in total. The summed E-state index contributed by atoms with van der Waals surface area (Å²) in [4.78, 5) is 2.46. The Morgan fingerprint density at radius 2 is 1.71 bits per heavy atom. The zero-order chi connectivity index (χ0) is 19.2. The summed E-state index contributed by atoms with van der Waals surface area (Å²) in [6.07, 6.45) is 5.75. The number of likely N-dealkylation sites (tertiary alicyclic amines) is 1. The lowest BCUT2D eigenvalue weighted by Crippen LogP contribution is -2.47. The van der Waals surface area contributed by atoms with E-state index in [9.17, 15) is 0 Å². The van der Waals surface area contributed by atoms with Crippen LogP contribution in [0.3, 0.4) is 0 Å². The molecule has 2 aromatic carbocycles. The summed E-state index contributed by atoms with van der Waals surface area (Å²) in [5.41, 5.74) is 9.28. The average Bonchev–Trinajstić information content (AvgIpc) is 2.69. The quantitative estimate of drug-likeness (QED) is 0.528. The zero-order valence-corrected chi connectivity index (χ0v) is 18.8. The van der Waals surface area contributed by atoms with E-state index in [1.165, 1.54) is 30.4 Å². The van der Waals surface area contributed by atoms with Gasteiger partial charge in [-0.1, -0.05) is 66.5 Å². The Morgan fingerprint density at radius 3 is 2.32 bits per heavy atom. The highest BCUT2D eigenvalue weighted by atomic mass is 35.5. The number of hydrogen-bond acceptors (Lipinski definition) is 2. The molecule has 2 atom stereocenters. The van der Waals surface area contributed by atoms with Crippen LogP contribution in [0.5, 0.6) is 0 Å². The van der Waals surface area contributed by atoms with Crippen LogP contribution in [-0.4, -0.2) is 24.2 Å². The molecule has 0 spiro atoms. The number of nitrogens with zero attached hydrogens (tertiary/aromatic N) is 1. The molecular weight excluding hydrogens is 411 g/mol. The Labute approximate surface area is 185 Å². The van der Waals surface area contributed by atoms with E-state index in [0.717, 1.165) is 31.8 Å². The summed E-state index contributed by atoms with van der Waals surface area (Å²) in [5.74, 6) is 1.18. The molecule has 1 aliphatic rings.